The maximum absolute atomic E-state index is 12.6. The summed E-state index contributed by atoms with van der Waals surface area (Å²) in [6.45, 7) is 4.75. The molecule has 1 aromatic heterocycles. The molecular formula is C26H31N5O2. The van der Waals surface area contributed by atoms with Gasteiger partial charge in [0.1, 0.15) is 6.33 Å². The number of amides is 2. The van der Waals surface area contributed by atoms with Gasteiger partial charge in [0.25, 0.3) is 5.91 Å². The summed E-state index contributed by atoms with van der Waals surface area (Å²) in [6, 6.07) is 15.6. The number of para-hydroxylation sites is 2. The van der Waals surface area contributed by atoms with Crippen molar-refractivity contribution in [3.63, 3.8) is 0 Å². The molecule has 1 aliphatic heterocycles. The second-order valence-electron chi connectivity index (χ2n) is 9.05. The number of fused-ring (bicyclic) bond motifs is 1. The fraction of sp³-hybridized carbons (Fsp3) is 0.423. The Labute approximate surface area is 194 Å². The first-order chi connectivity index (χ1) is 16.2. The number of aromatic nitrogens is 2. The van der Waals surface area contributed by atoms with Crippen molar-refractivity contribution < 1.29 is 9.59 Å². The Hall–Kier alpha value is -3.19. The van der Waals surface area contributed by atoms with Gasteiger partial charge in [-0.05, 0) is 49.2 Å². The highest BCUT2D eigenvalue weighted by molar-refractivity contribution is 5.94. The summed E-state index contributed by atoms with van der Waals surface area (Å²) in [4.78, 5) is 34.0. The number of nitrogens with one attached hydrogen (secondary N) is 1. The molecule has 2 aliphatic rings. The fourth-order valence-electron chi connectivity index (χ4n) is 4.99. The average Bonchev–Trinajstić information content (AvgIpc) is 3.55. The molecule has 3 aromatic rings. The number of carbonyl (C=O) groups is 2. The molecule has 0 spiro atoms. The van der Waals surface area contributed by atoms with E-state index in [2.05, 4.69) is 15.2 Å². The van der Waals surface area contributed by atoms with E-state index in [1.54, 1.807) is 6.33 Å². The molecule has 0 radical (unpaired) electrons. The van der Waals surface area contributed by atoms with Gasteiger partial charge in [-0.1, -0.05) is 25.0 Å². The smallest absolute Gasteiger partial charge is 0.251 e. The standard InChI is InChI=1S/C26H31N5O2/c32-25(20-9-11-22(12-10-20)31-19-28-23-7-3-4-8-24(23)31)27-13-14-29-15-17-30(18-16-29)26(33)21-5-1-2-6-21/h3-4,7-12,19,21H,1-2,5-6,13-18H2,(H,27,32). The Morgan fingerprint density at radius 1 is 0.939 bits per heavy atom. The van der Waals surface area contributed by atoms with Crippen molar-refractivity contribution in [2.24, 2.45) is 5.92 Å². The third-order valence-corrected chi connectivity index (χ3v) is 6.96. The molecule has 7 heteroatoms. The largest absolute Gasteiger partial charge is 0.351 e. The molecule has 7 nitrogen and oxygen atoms in total. The number of hydrogen-bond donors (Lipinski definition) is 1. The maximum Gasteiger partial charge on any atom is 0.251 e. The van der Waals surface area contributed by atoms with Crippen LogP contribution < -0.4 is 5.32 Å². The topological polar surface area (TPSA) is 70.5 Å². The number of imidazole rings is 1. The van der Waals surface area contributed by atoms with Gasteiger partial charge in [0, 0.05) is 56.4 Å². The van der Waals surface area contributed by atoms with E-state index in [0.29, 0.717) is 18.0 Å². The predicted molar refractivity (Wildman–Crippen MR) is 128 cm³/mol. The first kappa shape index (κ1) is 21.6. The quantitative estimate of drug-likeness (QED) is 0.633. The lowest BCUT2D eigenvalue weighted by molar-refractivity contribution is -0.137. The van der Waals surface area contributed by atoms with Crippen molar-refractivity contribution in [2.45, 2.75) is 25.7 Å². The van der Waals surface area contributed by atoms with Crippen molar-refractivity contribution in [1.29, 1.82) is 0 Å². The Morgan fingerprint density at radius 2 is 1.67 bits per heavy atom. The van der Waals surface area contributed by atoms with E-state index in [1.165, 1.54) is 12.8 Å². The first-order valence-electron chi connectivity index (χ1n) is 12.0. The molecule has 1 saturated heterocycles. The lowest BCUT2D eigenvalue weighted by atomic mass is 10.1. The zero-order valence-corrected chi connectivity index (χ0v) is 18.9. The average molecular weight is 446 g/mol. The van der Waals surface area contributed by atoms with Crippen LogP contribution in [0.3, 0.4) is 0 Å². The monoisotopic (exact) mass is 445 g/mol. The highest BCUT2D eigenvalue weighted by Crippen LogP contribution is 2.27. The summed E-state index contributed by atoms with van der Waals surface area (Å²) in [5, 5.41) is 3.03. The Morgan fingerprint density at radius 3 is 2.42 bits per heavy atom. The normalized spacial score (nSPS) is 17.5. The third kappa shape index (κ3) is 4.78. The van der Waals surface area contributed by atoms with Crippen LogP contribution in [0, 0.1) is 5.92 Å². The lowest BCUT2D eigenvalue weighted by Gasteiger charge is -2.36. The second kappa shape index (κ2) is 9.75. The van der Waals surface area contributed by atoms with Crippen LogP contribution in [-0.4, -0.2) is 70.4 Å². The van der Waals surface area contributed by atoms with Crippen molar-refractivity contribution in [2.75, 3.05) is 39.3 Å². The SMILES string of the molecule is O=C(NCCN1CCN(C(=O)C2CCCC2)CC1)c1ccc(-n2cnc3ccccc32)cc1. The van der Waals surface area contributed by atoms with Crippen molar-refractivity contribution >= 4 is 22.8 Å². The Bertz CT molecular complexity index is 1110. The summed E-state index contributed by atoms with van der Waals surface area (Å²) < 4.78 is 2.02. The molecule has 2 fully saturated rings. The van der Waals surface area contributed by atoms with E-state index < -0.39 is 0 Å². The molecule has 1 saturated carbocycles. The minimum Gasteiger partial charge on any atom is -0.351 e. The zero-order chi connectivity index (χ0) is 22.6. The van der Waals surface area contributed by atoms with Crippen LogP contribution in [0.4, 0.5) is 0 Å². The predicted octanol–water partition coefficient (Wildman–Crippen LogP) is 3.09. The van der Waals surface area contributed by atoms with E-state index >= 15 is 0 Å². The second-order valence-corrected chi connectivity index (χ2v) is 9.05. The molecule has 2 amide bonds. The van der Waals surface area contributed by atoms with Gasteiger partial charge in [0.2, 0.25) is 5.91 Å². The van der Waals surface area contributed by atoms with Gasteiger partial charge in [-0.25, -0.2) is 4.98 Å². The number of carbonyl (C=O) groups excluding carboxylic acids is 2. The van der Waals surface area contributed by atoms with Crippen LogP contribution in [0.2, 0.25) is 0 Å². The number of benzene rings is 2. The summed E-state index contributed by atoms with van der Waals surface area (Å²) in [7, 11) is 0. The molecular weight excluding hydrogens is 414 g/mol. The van der Waals surface area contributed by atoms with Gasteiger partial charge in [-0.2, -0.15) is 0 Å². The fourth-order valence-corrected chi connectivity index (χ4v) is 4.99. The van der Waals surface area contributed by atoms with E-state index in [4.69, 9.17) is 0 Å². The van der Waals surface area contributed by atoms with Crippen molar-refractivity contribution in [3.8, 4) is 5.69 Å². The Kier molecular flexibility index (Phi) is 6.39. The number of hydrogen-bond acceptors (Lipinski definition) is 4. The highest BCUT2D eigenvalue weighted by atomic mass is 16.2. The van der Waals surface area contributed by atoms with Gasteiger partial charge in [-0.3, -0.25) is 19.1 Å². The molecule has 2 heterocycles. The molecule has 5 rings (SSSR count). The minimum absolute atomic E-state index is 0.0629. The lowest BCUT2D eigenvalue weighted by Crippen LogP contribution is -2.51. The molecule has 1 aliphatic carbocycles. The zero-order valence-electron chi connectivity index (χ0n) is 18.9. The highest BCUT2D eigenvalue weighted by Gasteiger charge is 2.29. The van der Waals surface area contributed by atoms with Crippen LogP contribution in [0.15, 0.2) is 54.9 Å². The molecule has 2 aromatic carbocycles. The number of nitrogens with zero attached hydrogens (tertiary/aromatic N) is 4. The van der Waals surface area contributed by atoms with Gasteiger partial charge in [0.15, 0.2) is 0 Å². The molecule has 0 bridgehead atoms. The van der Waals surface area contributed by atoms with Crippen LogP contribution in [0.25, 0.3) is 16.7 Å². The van der Waals surface area contributed by atoms with Crippen molar-refractivity contribution in [1.82, 2.24) is 24.7 Å². The van der Waals surface area contributed by atoms with Gasteiger partial charge in [-0.15, -0.1) is 0 Å². The van der Waals surface area contributed by atoms with Crippen molar-refractivity contribution in [3.05, 3.63) is 60.4 Å². The number of rotatable bonds is 6. The van der Waals surface area contributed by atoms with Gasteiger partial charge in [0.05, 0.1) is 11.0 Å². The molecule has 0 atom stereocenters. The summed E-state index contributed by atoms with van der Waals surface area (Å²) >= 11 is 0. The van der Waals surface area contributed by atoms with Crippen LogP contribution >= 0.6 is 0 Å². The van der Waals surface area contributed by atoms with Gasteiger partial charge >= 0.3 is 0 Å². The van der Waals surface area contributed by atoms with Crippen LogP contribution in [-0.2, 0) is 4.79 Å². The first-order valence-corrected chi connectivity index (χ1v) is 12.0. The Balaban J connectivity index is 1.08. The summed E-state index contributed by atoms with van der Waals surface area (Å²) in [5.41, 5.74) is 3.61. The van der Waals surface area contributed by atoms with Crippen LogP contribution in [0.1, 0.15) is 36.0 Å². The van der Waals surface area contributed by atoms with E-state index in [0.717, 1.165) is 62.3 Å². The molecule has 172 valence electrons. The minimum atomic E-state index is -0.0629. The van der Waals surface area contributed by atoms with Gasteiger partial charge < -0.3 is 10.2 Å². The maximum atomic E-state index is 12.6. The third-order valence-electron chi connectivity index (χ3n) is 6.96. The summed E-state index contributed by atoms with van der Waals surface area (Å²) in [6.07, 6.45) is 6.31. The molecule has 33 heavy (non-hydrogen) atoms. The van der Waals surface area contributed by atoms with E-state index in [1.807, 2.05) is 58.0 Å². The molecule has 1 N–H and O–H groups in total. The summed E-state index contributed by atoms with van der Waals surface area (Å²) in [5.74, 6) is 0.550. The molecule has 0 unspecified atom stereocenters. The van der Waals surface area contributed by atoms with Crippen LogP contribution in [0.5, 0.6) is 0 Å². The van der Waals surface area contributed by atoms with E-state index in [-0.39, 0.29) is 11.8 Å². The van der Waals surface area contributed by atoms with E-state index in [9.17, 15) is 9.59 Å². The number of piperazine rings is 1.